The molecule has 1 heterocycles. The van der Waals surface area contributed by atoms with Crippen LogP contribution in [0.1, 0.15) is 12.6 Å². The van der Waals surface area contributed by atoms with E-state index in [1.807, 2.05) is 11.8 Å². The summed E-state index contributed by atoms with van der Waals surface area (Å²) in [5.74, 6) is 2.24. The zero-order valence-corrected chi connectivity index (χ0v) is 10.4. The smallest absolute Gasteiger partial charge is 0.0467 e. The van der Waals surface area contributed by atoms with E-state index in [-0.39, 0.29) is 0 Å². The number of benzene rings is 1. The van der Waals surface area contributed by atoms with Gasteiger partial charge in [0.1, 0.15) is 0 Å². The summed E-state index contributed by atoms with van der Waals surface area (Å²) in [7, 11) is 0. The topological polar surface area (TPSA) is 15.8 Å². The maximum Gasteiger partial charge on any atom is 0.0467 e. The summed E-state index contributed by atoms with van der Waals surface area (Å²) in [6.45, 7) is 2.18. The molecule has 0 aliphatic rings. The molecule has 0 atom stereocenters. The third-order valence-corrected chi connectivity index (χ3v) is 3.52. The molecule has 0 aliphatic carbocycles. The Morgan fingerprint density at radius 2 is 2.21 bits per heavy atom. The van der Waals surface area contributed by atoms with Crippen LogP contribution >= 0.6 is 27.7 Å². The Hall–Kier alpha value is -0.410. The van der Waals surface area contributed by atoms with Crippen molar-refractivity contribution in [3.63, 3.8) is 0 Å². The molecular formula is C11H12BrNS. The van der Waals surface area contributed by atoms with E-state index in [4.69, 9.17) is 0 Å². The van der Waals surface area contributed by atoms with E-state index in [2.05, 4.69) is 52.1 Å². The van der Waals surface area contributed by atoms with Crippen LogP contribution in [0.2, 0.25) is 0 Å². The molecule has 2 rings (SSSR count). The molecule has 0 saturated carbocycles. The van der Waals surface area contributed by atoms with Gasteiger partial charge in [-0.15, -0.1) is 0 Å². The molecule has 74 valence electrons. The lowest BCUT2D eigenvalue weighted by molar-refractivity contribution is 1.26. The van der Waals surface area contributed by atoms with Crippen LogP contribution in [0.25, 0.3) is 10.9 Å². The number of nitrogens with one attached hydrogen (secondary N) is 1. The van der Waals surface area contributed by atoms with Gasteiger partial charge in [0.2, 0.25) is 0 Å². The van der Waals surface area contributed by atoms with Gasteiger partial charge in [0.25, 0.3) is 0 Å². The normalized spacial score (nSPS) is 11.0. The number of fused-ring (bicyclic) bond motifs is 1. The minimum Gasteiger partial charge on any atom is -0.358 e. The first-order chi connectivity index (χ1) is 6.79. The number of aromatic nitrogens is 1. The molecule has 1 nitrogen and oxygen atoms in total. The van der Waals surface area contributed by atoms with Crippen LogP contribution in [0.3, 0.4) is 0 Å². The van der Waals surface area contributed by atoms with E-state index < -0.39 is 0 Å². The van der Waals surface area contributed by atoms with Crippen LogP contribution in [0.4, 0.5) is 0 Å². The Labute approximate surface area is 96.4 Å². The van der Waals surface area contributed by atoms with Gasteiger partial charge >= 0.3 is 0 Å². The average Bonchev–Trinajstić information content (AvgIpc) is 2.56. The number of aromatic amines is 1. The summed E-state index contributed by atoms with van der Waals surface area (Å²) in [6, 6.07) is 8.56. The number of thioether (sulfide) groups is 1. The molecule has 1 aromatic heterocycles. The lowest BCUT2D eigenvalue weighted by Crippen LogP contribution is -1.78. The number of rotatable bonds is 3. The van der Waals surface area contributed by atoms with Crippen LogP contribution in [-0.4, -0.2) is 10.7 Å². The Morgan fingerprint density at radius 1 is 1.36 bits per heavy atom. The summed E-state index contributed by atoms with van der Waals surface area (Å²) >= 11 is 5.41. The van der Waals surface area contributed by atoms with Crippen LogP contribution in [0.5, 0.6) is 0 Å². The number of hydrogen-bond donors (Lipinski definition) is 1. The summed E-state index contributed by atoms with van der Waals surface area (Å²) in [6.07, 6.45) is 0. The molecule has 1 aromatic carbocycles. The summed E-state index contributed by atoms with van der Waals surface area (Å²) in [5.41, 5.74) is 2.52. The van der Waals surface area contributed by atoms with Gasteiger partial charge in [0, 0.05) is 21.4 Å². The summed E-state index contributed by atoms with van der Waals surface area (Å²) in [4.78, 5) is 3.42. The maximum absolute atomic E-state index is 3.47. The Morgan fingerprint density at radius 3 is 3.00 bits per heavy atom. The van der Waals surface area contributed by atoms with Crippen molar-refractivity contribution in [1.82, 2.24) is 4.98 Å². The molecule has 0 saturated heterocycles. The van der Waals surface area contributed by atoms with Gasteiger partial charge in [-0.3, -0.25) is 0 Å². The predicted molar refractivity (Wildman–Crippen MR) is 67.8 cm³/mol. The van der Waals surface area contributed by atoms with Gasteiger partial charge in [0.15, 0.2) is 0 Å². The van der Waals surface area contributed by atoms with E-state index in [9.17, 15) is 0 Å². The standard InChI is InChI=1S/C11H12BrNS/c1-2-14-7-10-5-8-3-4-9(12)6-11(8)13-10/h3-6,13H,2,7H2,1H3. The van der Waals surface area contributed by atoms with Gasteiger partial charge in [-0.05, 0) is 29.3 Å². The van der Waals surface area contributed by atoms with Gasteiger partial charge in [-0.1, -0.05) is 28.9 Å². The van der Waals surface area contributed by atoms with Crippen LogP contribution in [-0.2, 0) is 5.75 Å². The van der Waals surface area contributed by atoms with Crippen molar-refractivity contribution in [3.05, 3.63) is 34.4 Å². The summed E-state index contributed by atoms with van der Waals surface area (Å²) in [5, 5.41) is 1.29. The Kier molecular flexibility index (Phi) is 3.19. The van der Waals surface area contributed by atoms with Crippen LogP contribution < -0.4 is 0 Å². The molecular weight excluding hydrogens is 258 g/mol. The first kappa shape index (κ1) is 10.1. The molecule has 14 heavy (non-hydrogen) atoms. The van der Waals surface area contributed by atoms with Gasteiger partial charge < -0.3 is 4.98 Å². The fraction of sp³-hybridized carbons (Fsp3) is 0.273. The molecule has 0 spiro atoms. The highest BCUT2D eigenvalue weighted by molar-refractivity contribution is 9.10. The van der Waals surface area contributed by atoms with Crippen molar-refractivity contribution in [2.75, 3.05) is 5.75 Å². The summed E-state index contributed by atoms with van der Waals surface area (Å²) < 4.78 is 1.13. The SMILES string of the molecule is CCSCc1cc2ccc(Br)cc2[nH]1. The molecule has 3 heteroatoms. The maximum atomic E-state index is 3.47. The first-order valence-electron chi connectivity index (χ1n) is 4.64. The van der Waals surface area contributed by atoms with Gasteiger partial charge in [0.05, 0.1) is 0 Å². The zero-order chi connectivity index (χ0) is 9.97. The largest absolute Gasteiger partial charge is 0.358 e. The highest BCUT2D eigenvalue weighted by atomic mass is 79.9. The average molecular weight is 270 g/mol. The molecule has 0 radical (unpaired) electrons. The van der Waals surface area contributed by atoms with E-state index in [1.165, 1.54) is 22.3 Å². The van der Waals surface area contributed by atoms with E-state index in [1.54, 1.807) is 0 Å². The van der Waals surface area contributed by atoms with Crippen molar-refractivity contribution in [2.24, 2.45) is 0 Å². The van der Waals surface area contributed by atoms with Crippen LogP contribution in [0.15, 0.2) is 28.7 Å². The van der Waals surface area contributed by atoms with E-state index in [0.29, 0.717) is 0 Å². The Balaban J connectivity index is 2.32. The van der Waals surface area contributed by atoms with Crippen LogP contribution in [0, 0.1) is 0 Å². The second-order valence-corrected chi connectivity index (χ2v) is 5.35. The highest BCUT2D eigenvalue weighted by Crippen LogP contribution is 2.22. The van der Waals surface area contributed by atoms with Crippen molar-refractivity contribution >= 4 is 38.6 Å². The fourth-order valence-corrected chi connectivity index (χ4v) is 2.39. The number of H-pyrrole nitrogens is 1. The lowest BCUT2D eigenvalue weighted by atomic mass is 10.2. The minimum absolute atomic E-state index is 1.07. The number of hydrogen-bond acceptors (Lipinski definition) is 1. The van der Waals surface area contributed by atoms with Crippen molar-refractivity contribution < 1.29 is 0 Å². The predicted octanol–water partition coefficient (Wildman–Crippen LogP) is 4.18. The quantitative estimate of drug-likeness (QED) is 0.884. The second kappa shape index (κ2) is 4.41. The first-order valence-corrected chi connectivity index (χ1v) is 6.59. The zero-order valence-electron chi connectivity index (χ0n) is 8.01. The fourth-order valence-electron chi connectivity index (χ4n) is 1.45. The van der Waals surface area contributed by atoms with E-state index in [0.717, 1.165) is 10.2 Å². The van der Waals surface area contributed by atoms with Gasteiger partial charge in [-0.2, -0.15) is 11.8 Å². The third-order valence-electron chi connectivity index (χ3n) is 2.10. The Bertz CT molecular complexity index is 436. The van der Waals surface area contributed by atoms with Crippen molar-refractivity contribution in [1.29, 1.82) is 0 Å². The van der Waals surface area contributed by atoms with Gasteiger partial charge in [-0.25, -0.2) is 0 Å². The molecule has 0 amide bonds. The molecule has 0 bridgehead atoms. The molecule has 0 aliphatic heterocycles. The van der Waals surface area contributed by atoms with Crippen molar-refractivity contribution in [3.8, 4) is 0 Å². The van der Waals surface area contributed by atoms with E-state index >= 15 is 0 Å². The molecule has 0 fully saturated rings. The molecule has 0 unspecified atom stereocenters. The third kappa shape index (κ3) is 2.15. The number of halogens is 1. The molecule has 2 aromatic rings. The minimum atomic E-state index is 1.07. The highest BCUT2D eigenvalue weighted by Gasteiger charge is 2.00. The monoisotopic (exact) mass is 269 g/mol. The molecule has 1 N–H and O–H groups in total. The van der Waals surface area contributed by atoms with Crippen molar-refractivity contribution in [2.45, 2.75) is 12.7 Å². The second-order valence-electron chi connectivity index (χ2n) is 3.16. The lowest BCUT2D eigenvalue weighted by Gasteiger charge is -1.93.